The molecule has 0 spiro atoms. The molecule has 0 radical (unpaired) electrons. The summed E-state index contributed by atoms with van der Waals surface area (Å²) in [5, 5.41) is 13.9. The molecule has 23 heavy (non-hydrogen) atoms. The molecule has 0 saturated heterocycles. The highest BCUT2D eigenvalue weighted by atomic mass is 32.1. The van der Waals surface area contributed by atoms with Crippen LogP contribution in [0.25, 0.3) is 16.7 Å². The molecule has 8 nitrogen and oxygen atoms in total. The molecule has 112 valence electrons. The third-order valence-electron chi connectivity index (χ3n) is 3.23. The van der Waals surface area contributed by atoms with Crippen LogP contribution in [0, 0.1) is 0 Å². The minimum atomic E-state index is -0.214. The number of benzene rings is 2. The Balaban J connectivity index is 1.59. The van der Waals surface area contributed by atoms with Gasteiger partial charge < -0.3 is 5.32 Å². The topological polar surface area (TPSA) is 98.5 Å². The van der Waals surface area contributed by atoms with Crippen LogP contribution in [0.5, 0.6) is 0 Å². The van der Waals surface area contributed by atoms with Gasteiger partial charge in [-0.1, -0.05) is 6.07 Å². The lowest BCUT2D eigenvalue weighted by Gasteiger charge is -2.07. The summed E-state index contributed by atoms with van der Waals surface area (Å²) in [7, 11) is 0. The zero-order valence-corrected chi connectivity index (χ0v) is 12.4. The fourth-order valence-corrected chi connectivity index (χ4v) is 2.65. The van der Waals surface area contributed by atoms with Crippen molar-refractivity contribution in [1.82, 2.24) is 29.0 Å². The first-order chi connectivity index (χ1) is 11.3. The molecule has 0 aliphatic heterocycles. The summed E-state index contributed by atoms with van der Waals surface area (Å²) >= 11 is 1.12. The molecule has 1 amide bonds. The molecule has 0 aliphatic rings. The normalized spacial score (nSPS) is 10.8. The Labute approximate surface area is 134 Å². The lowest BCUT2D eigenvalue weighted by molar-refractivity contribution is 0.102. The van der Waals surface area contributed by atoms with Crippen molar-refractivity contribution < 1.29 is 4.79 Å². The van der Waals surface area contributed by atoms with E-state index in [0.29, 0.717) is 16.8 Å². The SMILES string of the molecule is O=C(Nc1cccc(-n2cnnn2)c1)c1ccc2nsnc2c1. The summed E-state index contributed by atoms with van der Waals surface area (Å²) in [5.74, 6) is -0.214. The fourth-order valence-electron chi connectivity index (χ4n) is 2.13. The molecule has 0 saturated carbocycles. The molecular weight excluding hydrogens is 314 g/mol. The summed E-state index contributed by atoms with van der Waals surface area (Å²) in [4.78, 5) is 12.4. The molecule has 0 aliphatic carbocycles. The van der Waals surface area contributed by atoms with E-state index in [1.165, 1.54) is 11.0 Å². The number of aromatic nitrogens is 6. The van der Waals surface area contributed by atoms with Crippen molar-refractivity contribution in [1.29, 1.82) is 0 Å². The van der Waals surface area contributed by atoms with Crippen LogP contribution in [0.4, 0.5) is 5.69 Å². The van der Waals surface area contributed by atoms with E-state index >= 15 is 0 Å². The number of hydrogen-bond acceptors (Lipinski definition) is 7. The molecule has 4 rings (SSSR count). The van der Waals surface area contributed by atoms with Gasteiger partial charge in [0, 0.05) is 11.3 Å². The first kappa shape index (κ1) is 13.5. The number of hydrogen-bond donors (Lipinski definition) is 1. The predicted octanol–water partition coefficient (Wildman–Crippen LogP) is 1.92. The van der Waals surface area contributed by atoms with Crippen LogP contribution in [0.1, 0.15) is 10.4 Å². The van der Waals surface area contributed by atoms with Gasteiger partial charge in [-0.25, -0.2) is 4.68 Å². The second kappa shape index (κ2) is 5.54. The van der Waals surface area contributed by atoms with E-state index in [4.69, 9.17) is 0 Å². The number of fused-ring (bicyclic) bond motifs is 1. The molecule has 2 heterocycles. The van der Waals surface area contributed by atoms with Gasteiger partial charge >= 0.3 is 0 Å². The van der Waals surface area contributed by atoms with E-state index in [-0.39, 0.29) is 5.91 Å². The number of nitrogens with zero attached hydrogens (tertiary/aromatic N) is 6. The Morgan fingerprint density at radius 1 is 1.09 bits per heavy atom. The molecule has 0 bridgehead atoms. The van der Waals surface area contributed by atoms with Gasteiger partial charge in [-0.2, -0.15) is 8.75 Å². The fraction of sp³-hybridized carbons (Fsp3) is 0. The monoisotopic (exact) mass is 323 g/mol. The Hall–Kier alpha value is -3.20. The molecule has 9 heteroatoms. The maximum absolute atomic E-state index is 12.4. The smallest absolute Gasteiger partial charge is 0.255 e. The van der Waals surface area contributed by atoms with E-state index in [0.717, 1.165) is 22.9 Å². The van der Waals surface area contributed by atoms with Gasteiger partial charge in [0.25, 0.3) is 5.91 Å². The largest absolute Gasteiger partial charge is 0.322 e. The Morgan fingerprint density at radius 2 is 2.00 bits per heavy atom. The summed E-state index contributed by atoms with van der Waals surface area (Å²) in [6.45, 7) is 0. The highest BCUT2D eigenvalue weighted by Crippen LogP contribution is 2.17. The maximum atomic E-state index is 12.4. The molecule has 0 unspecified atom stereocenters. The van der Waals surface area contributed by atoms with E-state index in [9.17, 15) is 4.79 Å². The average molecular weight is 323 g/mol. The van der Waals surface area contributed by atoms with Crippen LogP contribution in [-0.2, 0) is 0 Å². The zero-order chi connectivity index (χ0) is 15.6. The van der Waals surface area contributed by atoms with Crippen molar-refractivity contribution in [2.24, 2.45) is 0 Å². The van der Waals surface area contributed by atoms with Gasteiger partial charge in [-0.3, -0.25) is 4.79 Å². The van der Waals surface area contributed by atoms with Crippen LogP contribution < -0.4 is 5.32 Å². The summed E-state index contributed by atoms with van der Waals surface area (Å²) < 4.78 is 9.78. The number of nitrogens with one attached hydrogen (secondary N) is 1. The molecule has 2 aromatic carbocycles. The van der Waals surface area contributed by atoms with Crippen LogP contribution in [0.15, 0.2) is 48.8 Å². The van der Waals surface area contributed by atoms with Crippen molar-refractivity contribution in [2.45, 2.75) is 0 Å². The van der Waals surface area contributed by atoms with Gasteiger partial charge in [0.2, 0.25) is 0 Å². The third-order valence-corrected chi connectivity index (χ3v) is 3.79. The van der Waals surface area contributed by atoms with Crippen molar-refractivity contribution in [3.63, 3.8) is 0 Å². The average Bonchev–Trinajstić information content (AvgIpc) is 3.26. The van der Waals surface area contributed by atoms with Gasteiger partial charge in [0.1, 0.15) is 17.4 Å². The summed E-state index contributed by atoms with van der Waals surface area (Å²) in [5.41, 5.74) is 3.43. The van der Waals surface area contributed by atoms with Crippen LogP contribution in [0.2, 0.25) is 0 Å². The van der Waals surface area contributed by atoms with Crippen molar-refractivity contribution in [3.8, 4) is 5.69 Å². The Morgan fingerprint density at radius 3 is 2.87 bits per heavy atom. The molecule has 1 N–H and O–H groups in total. The molecular formula is C14H9N7OS. The first-order valence-corrected chi connectivity index (χ1v) is 7.40. The van der Waals surface area contributed by atoms with Gasteiger partial charge in [0.15, 0.2) is 0 Å². The van der Waals surface area contributed by atoms with E-state index in [1.807, 2.05) is 12.1 Å². The number of anilines is 1. The van der Waals surface area contributed by atoms with Crippen LogP contribution in [0.3, 0.4) is 0 Å². The Kier molecular flexibility index (Phi) is 3.24. The van der Waals surface area contributed by atoms with Crippen molar-refractivity contribution >= 4 is 34.4 Å². The second-order valence-electron chi connectivity index (χ2n) is 4.73. The second-order valence-corrected chi connectivity index (χ2v) is 5.26. The highest BCUT2D eigenvalue weighted by molar-refractivity contribution is 7.00. The minimum Gasteiger partial charge on any atom is -0.322 e. The third kappa shape index (κ3) is 2.64. The summed E-state index contributed by atoms with van der Waals surface area (Å²) in [6.07, 6.45) is 1.49. The first-order valence-electron chi connectivity index (χ1n) is 6.67. The maximum Gasteiger partial charge on any atom is 0.255 e. The van der Waals surface area contributed by atoms with Crippen LogP contribution >= 0.6 is 11.7 Å². The van der Waals surface area contributed by atoms with E-state index in [1.54, 1.807) is 30.3 Å². The summed E-state index contributed by atoms with van der Waals surface area (Å²) in [6, 6.07) is 12.5. The lowest BCUT2D eigenvalue weighted by atomic mass is 10.2. The number of carbonyl (C=O) groups is 1. The van der Waals surface area contributed by atoms with E-state index in [2.05, 4.69) is 29.6 Å². The molecule has 4 aromatic rings. The van der Waals surface area contributed by atoms with E-state index < -0.39 is 0 Å². The minimum absolute atomic E-state index is 0.214. The van der Waals surface area contributed by atoms with Gasteiger partial charge in [-0.05, 0) is 46.8 Å². The van der Waals surface area contributed by atoms with Crippen molar-refractivity contribution in [3.05, 3.63) is 54.4 Å². The van der Waals surface area contributed by atoms with Gasteiger partial charge in [0.05, 0.1) is 17.4 Å². The predicted molar refractivity (Wildman–Crippen MR) is 84.5 cm³/mol. The number of tetrazole rings is 1. The Bertz CT molecular complexity index is 980. The van der Waals surface area contributed by atoms with Gasteiger partial charge in [-0.15, -0.1) is 5.10 Å². The standard InChI is InChI=1S/C14H9N7OS/c22-14(9-4-5-12-13(6-9)18-23-17-12)16-10-2-1-3-11(7-10)21-8-15-19-20-21/h1-8H,(H,16,22). The zero-order valence-electron chi connectivity index (χ0n) is 11.6. The quantitative estimate of drug-likeness (QED) is 0.618. The molecule has 0 atom stereocenters. The lowest BCUT2D eigenvalue weighted by Crippen LogP contribution is -2.12. The highest BCUT2D eigenvalue weighted by Gasteiger charge is 2.09. The van der Waals surface area contributed by atoms with Crippen LogP contribution in [-0.4, -0.2) is 34.9 Å². The molecule has 2 aromatic heterocycles. The number of rotatable bonds is 3. The van der Waals surface area contributed by atoms with Crippen molar-refractivity contribution in [2.75, 3.05) is 5.32 Å². The molecule has 0 fully saturated rings. The number of carbonyl (C=O) groups excluding carboxylic acids is 1. The number of amides is 1.